The fourth-order valence-electron chi connectivity index (χ4n) is 2.15. The van der Waals surface area contributed by atoms with E-state index in [0.29, 0.717) is 5.88 Å². The summed E-state index contributed by atoms with van der Waals surface area (Å²) < 4.78 is 6.02. The van der Waals surface area contributed by atoms with Crippen molar-refractivity contribution in [3.8, 4) is 11.5 Å². The number of nitrogens with zero attached hydrogens (tertiary/aromatic N) is 1. The third-order valence-corrected chi connectivity index (χ3v) is 3.36. The fraction of sp³-hybridized carbons (Fsp3) is 0.118. The van der Waals surface area contributed by atoms with E-state index < -0.39 is 0 Å². The number of hydrogen-bond acceptors (Lipinski definition) is 2. The minimum atomic E-state index is 0.370. The van der Waals surface area contributed by atoms with Crippen molar-refractivity contribution >= 4 is 22.5 Å². The predicted molar refractivity (Wildman–Crippen MR) is 82.6 cm³/mol. The highest BCUT2D eigenvalue weighted by atomic mass is 35.5. The zero-order chi connectivity index (χ0) is 13.9. The maximum Gasteiger partial charge on any atom is 0.138 e. The molecule has 0 saturated carbocycles. The Morgan fingerprint density at radius 1 is 1.05 bits per heavy atom. The third kappa shape index (κ3) is 2.61. The van der Waals surface area contributed by atoms with E-state index in [2.05, 4.69) is 4.98 Å². The monoisotopic (exact) mass is 283 g/mol. The second-order valence-electron chi connectivity index (χ2n) is 4.68. The summed E-state index contributed by atoms with van der Waals surface area (Å²) in [6.45, 7) is 2.04. The Balaban J connectivity index is 2.10. The van der Waals surface area contributed by atoms with E-state index in [0.717, 1.165) is 28.1 Å². The Kier molecular flexibility index (Phi) is 3.57. The summed E-state index contributed by atoms with van der Waals surface area (Å²) in [6, 6.07) is 17.8. The lowest BCUT2D eigenvalue weighted by Gasteiger charge is -2.10. The molecule has 0 spiro atoms. The summed E-state index contributed by atoms with van der Waals surface area (Å²) in [6.07, 6.45) is 0. The van der Waals surface area contributed by atoms with Crippen LogP contribution in [-0.2, 0) is 5.88 Å². The molecular weight excluding hydrogens is 270 g/mol. The smallest absolute Gasteiger partial charge is 0.138 e. The van der Waals surface area contributed by atoms with Crippen molar-refractivity contribution < 1.29 is 4.74 Å². The van der Waals surface area contributed by atoms with E-state index in [4.69, 9.17) is 16.3 Å². The first-order valence-electron chi connectivity index (χ1n) is 6.45. The van der Waals surface area contributed by atoms with Gasteiger partial charge in [0.25, 0.3) is 0 Å². The number of fused-ring (bicyclic) bond motifs is 1. The van der Waals surface area contributed by atoms with Crippen LogP contribution in [0.4, 0.5) is 0 Å². The van der Waals surface area contributed by atoms with Gasteiger partial charge in [0, 0.05) is 11.5 Å². The molecule has 0 aliphatic rings. The summed E-state index contributed by atoms with van der Waals surface area (Å²) in [4.78, 5) is 4.50. The SMILES string of the molecule is Cc1cccc(Oc2cc(CCl)nc3ccccc23)c1. The molecule has 0 unspecified atom stereocenters. The summed E-state index contributed by atoms with van der Waals surface area (Å²) >= 11 is 5.91. The average Bonchev–Trinajstić information content (AvgIpc) is 2.47. The maximum absolute atomic E-state index is 6.02. The second-order valence-corrected chi connectivity index (χ2v) is 4.95. The van der Waals surface area contributed by atoms with Crippen LogP contribution >= 0.6 is 11.6 Å². The third-order valence-electron chi connectivity index (χ3n) is 3.09. The van der Waals surface area contributed by atoms with Crippen molar-refractivity contribution in [2.24, 2.45) is 0 Å². The van der Waals surface area contributed by atoms with Gasteiger partial charge in [-0.3, -0.25) is 4.98 Å². The van der Waals surface area contributed by atoms with Gasteiger partial charge in [-0.25, -0.2) is 0 Å². The fourth-order valence-corrected chi connectivity index (χ4v) is 2.29. The molecule has 0 amide bonds. The molecule has 100 valence electrons. The van der Waals surface area contributed by atoms with Crippen molar-refractivity contribution in [1.82, 2.24) is 4.98 Å². The van der Waals surface area contributed by atoms with E-state index in [1.54, 1.807) is 0 Å². The van der Waals surface area contributed by atoms with Crippen LogP contribution in [0.3, 0.4) is 0 Å². The number of pyridine rings is 1. The number of alkyl halides is 1. The number of aromatic nitrogens is 1. The summed E-state index contributed by atoms with van der Waals surface area (Å²) in [7, 11) is 0. The molecule has 1 aromatic heterocycles. The van der Waals surface area contributed by atoms with Crippen LogP contribution in [0.5, 0.6) is 11.5 Å². The molecule has 3 rings (SSSR count). The van der Waals surface area contributed by atoms with Crippen molar-refractivity contribution in [2.45, 2.75) is 12.8 Å². The quantitative estimate of drug-likeness (QED) is 0.626. The molecule has 0 bridgehead atoms. The Labute approximate surface area is 123 Å². The van der Waals surface area contributed by atoms with E-state index in [-0.39, 0.29) is 0 Å². The topological polar surface area (TPSA) is 22.1 Å². The van der Waals surface area contributed by atoms with E-state index in [1.165, 1.54) is 5.56 Å². The number of hydrogen-bond donors (Lipinski definition) is 0. The highest BCUT2D eigenvalue weighted by molar-refractivity contribution is 6.17. The molecule has 0 fully saturated rings. The van der Waals surface area contributed by atoms with E-state index >= 15 is 0 Å². The maximum atomic E-state index is 6.02. The standard InChI is InChI=1S/C17H14ClNO/c1-12-5-4-6-14(9-12)20-17-10-13(11-18)19-16-8-3-2-7-15(16)17/h2-10H,11H2,1H3. The van der Waals surface area contributed by atoms with E-state index in [9.17, 15) is 0 Å². The number of rotatable bonds is 3. The number of halogens is 1. The van der Waals surface area contributed by atoms with Gasteiger partial charge in [0.05, 0.1) is 17.1 Å². The van der Waals surface area contributed by atoms with Crippen LogP contribution in [0.25, 0.3) is 10.9 Å². The molecule has 1 heterocycles. The van der Waals surface area contributed by atoms with Crippen LogP contribution in [0, 0.1) is 6.92 Å². The highest BCUT2D eigenvalue weighted by Gasteiger charge is 2.07. The minimum Gasteiger partial charge on any atom is -0.457 e. The molecule has 0 saturated heterocycles. The largest absolute Gasteiger partial charge is 0.457 e. The van der Waals surface area contributed by atoms with Gasteiger partial charge in [-0.1, -0.05) is 24.3 Å². The van der Waals surface area contributed by atoms with Crippen molar-refractivity contribution in [3.05, 3.63) is 65.9 Å². The molecule has 2 aromatic carbocycles. The van der Waals surface area contributed by atoms with Gasteiger partial charge >= 0.3 is 0 Å². The molecule has 0 N–H and O–H groups in total. The van der Waals surface area contributed by atoms with Gasteiger partial charge in [-0.05, 0) is 36.8 Å². The highest BCUT2D eigenvalue weighted by Crippen LogP contribution is 2.30. The van der Waals surface area contributed by atoms with Crippen LogP contribution in [0.2, 0.25) is 0 Å². The zero-order valence-corrected chi connectivity index (χ0v) is 11.9. The minimum absolute atomic E-state index is 0.370. The first-order chi connectivity index (χ1) is 9.76. The van der Waals surface area contributed by atoms with Crippen LogP contribution in [0.15, 0.2) is 54.6 Å². The normalized spacial score (nSPS) is 10.7. The molecule has 2 nitrogen and oxygen atoms in total. The van der Waals surface area contributed by atoms with Crippen molar-refractivity contribution in [2.75, 3.05) is 0 Å². The summed E-state index contributed by atoms with van der Waals surface area (Å²) in [5.74, 6) is 1.98. The molecule has 0 radical (unpaired) electrons. The predicted octanol–water partition coefficient (Wildman–Crippen LogP) is 5.07. The molecule has 3 heteroatoms. The van der Waals surface area contributed by atoms with Crippen molar-refractivity contribution in [1.29, 1.82) is 0 Å². The number of para-hydroxylation sites is 1. The van der Waals surface area contributed by atoms with Crippen LogP contribution in [-0.4, -0.2) is 4.98 Å². The molecule has 20 heavy (non-hydrogen) atoms. The number of benzene rings is 2. The molecule has 0 aliphatic carbocycles. The molecular formula is C17H14ClNO. The van der Waals surface area contributed by atoms with Gasteiger partial charge in [-0.2, -0.15) is 0 Å². The average molecular weight is 284 g/mol. The van der Waals surface area contributed by atoms with Crippen LogP contribution in [0.1, 0.15) is 11.3 Å². The Bertz CT molecular complexity index is 755. The number of ether oxygens (including phenoxy) is 1. The van der Waals surface area contributed by atoms with E-state index in [1.807, 2.05) is 61.5 Å². The Morgan fingerprint density at radius 3 is 2.70 bits per heavy atom. The number of aryl methyl sites for hydroxylation is 1. The Hall–Kier alpha value is -2.06. The van der Waals surface area contributed by atoms with Crippen LogP contribution < -0.4 is 4.74 Å². The first kappa shape index (κ1) is 12.9. The zero-order valence-electron chi connectivity index (χ0n) is 11.1. The second kappa shape index (κ2) is 5.51. The van der Waals surface area contributed by atoms with Crippen molar-refractivity contribution in [3.63, 3.8) is 0 Å². The molecule has 0 atom stereocenters. The van der Waals surface area contributed by atoms with Gasteiger partial charge in [0.2, 0.25) is 0 Å². The lowest BCUT2D eigenvalue weighted by molar-refractivity contribution is 0.487. The molecule has 0 aliphatic heterocycles. The Morgan fingerprint density at radius 2 is 1.90 bits per heavy atom. The lowest BCUT2D eigenvalue weighted by Crippen LogP contribution is -1.92. The first-order valence-corrected chi connectivity index (χ1v) is 6.99. The van der Waals surface area contributed by atoms with Gasteiger partial charge in [0.15, 0.2) is 0 Å². The lowest BCUT2D eigenvalue weighted by atomic mass is 10.2. The van der Waals surface area contributed by atoms with Gasteiger partial charge in [-0.15, -0.1) is 11.6 Å². The summed E-state index contributed by atoms with van der Waals surface area (Å²) in [5.41, 5.74) is 2.87. The molecule has 3 aromatic rings. The van der Waals surface area contributed by atoms with Gasteiger partial charge in [0.1, 0.15) is 11.5 Å². The van der Waals surface area contributed by atoms with Gasteiger partial charge < -0.3 is 4.74 Å². The summed E-state index contributed by atoms with van der Waals surface area (Å²) in [5, 5.41) is 0.989.